The molecule has 3 aromatic rings. The Hall–Kier alpha value is -2.38. The number of nitrogen functional groups attached to an aromatic ring is 1. The topological polar surface area (TPSA) is 72.1 Å². The molecule has 0 radical (unpaired) electrons. The summed E-state index contributed by atoms with van der Waals surface area (Å²) in [5.74, 6) is 0.657. The number of aromatic nitrogens is 2. The number of thioether (sulfide) groups is 1. The second-order valence-electron chi connectivity index (χ2n) is 6.13. The molecular weight excluding hydrogens is 364 g/mol. The fourth-order valence-corrected chi connectivity index (χ4v) is 4.80. The maximum absolute atomic E-state index is 12.8. The molecule has 0 aliphatic carbocycles. The summed E-state index contributed by atoms with van der Waals surface area (Å²) >= 11 is 2.71. The lowest BCUT2D eigenvalue weighted by molar-refractivity contribution is -0.129. The number of carbonyl (C=O) groups is 1. The Morgan fingerprint density at radius 2 is 1.92 bits per heavy atom. The number of nitrogens with zero attached hydrogens (tertiary/aromatic N) is 3. The third-order valence-electron chi connectivity index (χ3n) is 4.49. The molecule has 26 heavy (non-hydrogen) atoms. The van der Waals surface area contributed by atoms with Gasteiger partial charge in [0.1, 0.15) is 0 Å². The number of hydrogen-bond acceptors (Lipinski definition) is 6. The quantitative estimate of drug-likeness (QED) is 0.700. The summed E-state index contributed by atoms with van der Waals surface area (Å²) in [5.41, 5.74) is 9.36. The van der Waals surface area contributed by atoms with Crippen molar-refractivity contribution in [2.24, 2.45) is 0 Å². The van der Waals surface area contributed by atoms with E-state index in [1.54, 1.807) is 0 Å². The summed E-state index contributed by atoms with van der Waals surface area (Å²) in [7, 11) is 0. The Labute approximate surface area is 160 Å². The fourth-order valence-electron chi connectivity index (χ4n) is 3.26. The van der Waals surface area contributed by atoms with Crippen LogP contribution in [0.2, 0.25) is 0 Å². The molecular formula is C19H18N4OS2. The van der Waals surface area contributed by atoms with Gasteiger partial charge in [0, 0.05) is 19.0 Å². The molecule has 2 N–H and O–H groups in total. The molecule has 1 amide bonds. The average Bonchev–Trinajstić information content (AvgIpc) is 3.11. The highest BCUT2D eigenvalue weighted by atomic mass is 32.2. The third kappa shape index (κ3) is 3.59. The smallest absolute Gasteiger partial charge is 0.233 e. The van der Waals surface area contributed by atoms with E-state index in [1.165, 1.54) is 39.8 Å². The number of nitrogens with two attached hydrogens (primary N) is 1. The Bertz CT molecular complexity index is 913. The lowest BCUT2D eigenvalue weighted by Gasteiger charge is -2.35. The van der Waals surface area contributed by atoms with Crippen molar-refractivity contribution < 1.29 is 4.79 Å². The molecule has 1 aliphatic heterocycles. The molecule has 1 aromatic heterocycles. The first-order valence-corrected chi connectivity index (χ1v) is 10.1. The monoisotopic (exact) mass is 382 g/mol. The van der Waals surface area contributed by atoms with Gasteiger partial charge in [-0.2, -0.15) is 0 Å². The number of anilines is 1. The highest BCUT2D eigenvalue weighted by Gasteiger charge is 2.28. The van der Waals surface area contributed by atoms with Crippen LogP contribution in [0.5, 0.6) is 0 Å². The first-order chi connectivity index (χ1) is 12.7. The molecule has 0 saturated heterocycles. The minimum Gasteiger partial charge on any atom is -0.374 e. The van der Waals surface area contributed by atoms with Gasteiger partial charge >= 0.3 is 0 Å². The van der Waals surface area contributed by atoms with Crippen molar-refractivity contribution in [2.75, 3.05) is 18.0 Å². The van der Waals surface area contributed by atoms with Gasteiger partial charge in [-0.1, -0.05) is 77.7 Å². The largest absolute Gasteiger partial charge is 0.374 e. The standard InChI is InChI=1S/C19H18N4OS2/c20-18-21-22-19(26-18)25-12-17(24)23-10-14-8-4-5-9-15(14)16(11-23)13-6-2-1-3-7-13/h1-9,16H,10-12H2,(H2,20,21)/t16-/m0/s1. The Morgan fingerprint density at radius 3 is 2.69 bits per heavy atom. The highest BCUT2D eigenvalue weighted by molar-refractivity contribution is 8.01. The van der Waals surface area contributed by atoms with Crippen molar-refractivity contribution in [1.29, 1.82) is 0 Å². The molecule has 0 bridgehead atoms. The van der Waals surface area contributed by atoms with Crippen LogP contribution in [0, 0.1) is 0 Å². The molecule has 0 unspecified atom stereocenters. The van der Waals surface area contributed by atoms with Crippen LogP contribution in [0.25, 0.3) is 0 Å². The van der Waals surface area contributed by atoms with Gasteiger partial charge in [-0.25, -0.2) is 0 Å². The van der Waals surface area contributed by atoms with E-state index in [4.69, 9.17) is 5.73 Å². The predicted octanol–water partition coefficient (Wildman–Crippen LogP) is 3.39. The molecule has 0 saturated carbocycles. The molecule has 7 heteroatoms. The summed E-state index contributed by atoms with van der Waals surface area (Å²) in [6, 6.07) is 18.8. The van der Waals surface area contributed by atoms with Crippen LogP contribution >= 0.6 is 23.1 Å². The van der Waals surface area contributed by atoms with Gasteiger partial charge in [0.05, 0.1) is 5.75 Å². The lowest BCUT2D eigenvalue weighted by atomic mass is 9.85. The van der Waals surface area contributed by atoms with Crippen LogP contribution < -0.4 is 5.73 Å². The maximum Gasteiger partial charge on any atom is 0.233 e. The van der Waals surface area contributed by atoms with E-state index >= 15 is 0 Å². The van der Waals surface area contributed by atoms with Gasteiger partial charge in [-0.15, -0.1) is 10.2 Å². The second-order valence-corrected chi connectivity index (χ2v) is 8.36. The van der Waals surface area contributed by atoms with Gasteiger partial charge in [-0.05, 0) is 16.7 Å². The van der Waals surface area contributed by atoms with Crippen molar-refractivity contribution in [3.8, 4) is 0 Å². The third-order valence-corrected chi connectivity index (χ3v) is 6.36. The molecule has 0 fully saturated rings. The van der Waals surface area contributed by atoms with E-state index in [-0.39, 0.29) is 11.8 Å². The summed E-state index contributed by atoms with van der Waals surface area (Å²) in [4.78, 5) is 14.7. The van der Waals surface area contributed by atoms with Crippen LogP contribution in [0.1, 0.15) is 22.6 Å². The maximum atomic E-state index is 12.8. The van der Waals surface area contributed by atoms with Crippen molar-refractivity contribution in [2.45, 2.75) is 16.8 Å². The van der Waals surface area contributed by atoms with Crippen LogP contribution in [0.3, 0.4) is 0 Å². The van der Waals surface area contributed by atoms with Gasteiger partial charge in [-0.3, -0.25) is 4.79 Å². The van der Waals surface area contributed by atoms with Crippen LogP contribution in [0.4, 0.5) is 5.13 Å². The zero-order valence-corrected chi connectivity index (χ0v) is 15.7. The molecule has 1 aliphatic rings. The van der Waals surface area contributed by atoms with Crippen LogP contribution in [-0.4, -0.2) is 33.3 Å². The van der Waals surface area contributed by atoms with Gasteiger partial charge in [0.25, 0.3) is 0 Å². The van der Waals surface area contributed by atoms with Crippen molar-refractivity contribution in [1.82, 2.24) is 15.1 Å². The summed E-state index contributed by atoms with van der Waals surface area (Å²) in [6.45, 7) is 1.34. The van der Waals surface area contributed by atoms with Gasteiger partial charge in [0.2, 0.25) is 11.0 Å². The lowest BCUT2D eigenvalue weighted by Crippen LogP contribution is -2.39. The number of rotatable bonds is 4. The summed E-state index contributed by atoms with van der Waals surface area (Å²) in [6.07, 6.45) is 0. The Kier molecular flexibility index (Phi) is 4.90. The second kappa shape index (κ2) is 7.47. The first kappa shape index (κ1) is 17.1. The summed E-state index contributed by atoms with van der Waals surface area (Å²) < 4.78 is 0.730. The number of carbonyl (C=O) groups excluding carboxylic acids is 1. The van der Waals surface area contributed by atoms with E-state index in [0.29, 0.717) is 24.0 Å². The van der Waals surface area contributed by atoms with E-state index < -0.39 is 0 Å². The van der Waals surface area contributed by atoms with Crippen molar-refractivity contribution in [3.63, 3.8) is 0 Å². The molecule has 5 nitrogen and oxygen atoms in total. The fraction of sp³-hybridized carbons (Fsp3) is 0.211. The molecule has 132 valence electrons. The normalized spacial score (nSPS) is 16.3. The van der Waals surface area contributed by atoms with Crippen molar-refractivity contribution in [3.05, 3.63) is 71.3 Å². The Morgan fingerprint density at radius 1 is 1.15 bits per heavy atom. The number of benzene rings is 2. The number of fused-ring (bicyclic) bond motifs is 1. The predicted molar refractivity (Wildman–Crippen MR) is 105 cm³/mol. The molecule has 4 rings (SSSR count). The van der Waals surface area contributed by atoms with E-state index in [1.807, 2.05) is 17.0 Å². The Balaban J connectivity index is 1.54. The molecule has 2 heterocycles. The minimum atomic E-state index is 0.110. The van der Waals surface area contributed by atoms with Crippen LogP contribution in [-0.2, 0) is 11.3 Å². The molecule has 0 spiro atoms. The zero-order valence-electron chi connectivity index (χ0n) is 14.0. The molecule has 1 atom stereocenters. The van der Waals surface area contributed by atoms with E-state index in [9.17, 15) is 4.79 Å². The number of amides is 1. The van der Waals surface area contributed by atoms with Crippen LogP contribution in [0.15, 0.2) is 58.9 Å². The van der Waals surface area contributed by atoms with E-state index in [2.05, 4.69) is 52.7 Å². The highest BCUT2D eigenvalue weighted by Crippen LogP contribution is 2.34. The van der Waals surface area contributed by atoms with Crippen molar-refractivity contribution >= 4 is 34.1 Å². The number of hydrogen-bond donors (Lipinski definition) is 1. The summed E-state index contributed by atoms with van der Waals surface area (Å²) in [5, 5.41) is 8.18. The van der Waals surface area contributed by atoms with Gasteiger partial charge in [0.15, 0.2) is 4.34 Å². The molecule has 2 aromatic carbocycles. The van der Waals surface area contributed by atoms with E-state index in [0.717, 1.165) is 4.34 Å². The zero-order chi connectivity index (χ0) is 17.9. The minimum absolute atomic E-state index is 0.110. The first-order valence-electron chi connectivity index (χ1n) is 8.33. The SMILES string of the molecule is Nc1nnc(SCC(=O)N2Cc3ccccc3[C@H](c3ccccc3)C2)s1. The average molecular weight is 383 g/mol. The van der Waals surface area contributed by atoms with Gasteiger partial charge < -0.3 is 10.6 Å².